The number of nitrogens with one attached hydrogen (secondary N) is 1. The first kappa shape index (κ1) is 14.0. The van der Waals surface area contributed by atoms with Crippen LogP contribution >= 0.6 is 0 Å². The van der Waals surface area contributed by atoms with Crippen LogP contribution in [0.2, 0.25) is 0 Å². The van der Waals surface area contributed by atoms with Crippen LogP contribution in [0.5, 0.6) is 5.75 Å². The molecular formula is C19H19N3O. The van der Waals surface area contributed by atoms with Gasteiger partial charge < -0.3 is 14.6 Å². The summed E-state index contributed by atoms with van der Waals surface area (Å²) in [5.74, 6) is 0.897. The lowest BCUT2D eigenvalue weighted by Gasteiger charge is -2.10. The molecule has 4 aromatic rings. The van der Waals surface area contributed by atoms with Crippen molar-refractivity contribution in [3.8, 4) is 5.75 Å². The molecule has 0 aliphatic heterocycles. The van der Waals surface area contributed by atoms with Gasteiger partial charge in [-0.2, -0.15) is 0 Å². The van der Waals surface area contributed by atoms with Gasteiger partial charge in [0.05, 0.1) is 11.0 Å². The van der Waals surface area contributed by atoms with Gasteiger partial charge in [0.15, 0.2) is 0 Å². The van der Waals surface area contributed by atoms with E-state index >= 15 is 0 Å². The summed E-state index contributed by atoms with van der Waals surface area (Å²) >= 11 is 0. The molecule has 0 bridgehead atoms. The molecule has 4 rings (SSSR count). The van der Waals surface area contributed by atoms with E-state index in [-0.39, 0.29) is 0 Å². The Bertz CT molecular complexity index is 988. The van der Waals surface area contributed by atoms with E-state index in [0.29, 0.717) is 6.61 Å². The molecule has 2 heterocycles. The van der Waals surface area contributed by atoms with Crippen LogP contribution in [0.15, 0.2) is 48.7 Å². The number of hydrogen-bond donors (Lipinski definition) is 1. The van der Waals surface area contributed by atoms with E-state index in [0.717, 1.165) is 45.0 Å². The van der Waals surface area contributed by atoms with Gasteiger partial charge in [0.2, 0.25) is 0 Å². The van der Waals surface area contributed by atoms with Crippen molar-refractivity contribution in [3.05, 3.63) is 48.7 Å². The third-order valence-corrected chi connectivity index (χ3v) is 4.12. The Hall–Kier alpha value is -2.59. The molecule has 0 amide bonds. The predicted molar refractivity (Wildman–Crippen MR) is 95.2 cm³/mol. The van der Waals surface area contributed by atoms with Gasteiger partial charge in [-0.25, -0.2) is 0 Å². The number of pyridine rings is 1. The van der Waals surface area contributed by atoms with Crippen molar-refractivity contribution >= 4 is 32.7 Å². The molecular weight excluding hydrogens is 286 g/mol. The number of aromatic amines is 1. The maximum Gasteiger partial charge on any atom is 0.120 e. The number of H-pyrrole nitrogens is 1. The normalized spacial score (nSPS) is 11.8. The second-order valence-corrected chi connectivity index (χ2v) is 6.05. The predicted octanol–water partition coefficient (Wildman–Crippen LogP) is 3.81. The topological polar surface area (TPSA) is 41.1 Å². The second kappa shape index (κ2) is 5.56. The molecule has 0 aliphatic carbocycles. The first-order valence-electron chi connectivity index (χ1n) is 7.79. The molecule has 116 valence electrons. The molecule has 0 saturated heterocycles. The van der Waals surface area contributed by atoms with Crippen molar-refractivity contribution in [2.24, 2.45) is 0 Å². The quantitative estimate of drug-likeness (QED) is 0.623. The molecule has 0 spiro atoms. The minimum absolute atomic E-state index is 0.683. The van der Waals surface area contributed by atoms with Crippen LogP contribution < -0.4 is 4.74 Å². The summed E-state index contributed by atoms with van der Waals surface area (Å²) in [5, 5.41) is 3.44. The Labute approximate surface area is 134 Å². The number of rotatable bonds is 4. The van der Waals surface area contributed by atoms with Gasteiger partial charge in [-0.1, -0.05) is 18.2 Å². The Kier molecular flexibility index (Phi) is 3.39. The highest BCUT2D eigenvalue weighted by Gasteiger charge is 2.09. The van der Waals surface area contributed by atoms with E-state index in [1.54, 1.807) is 0 Å². The Morgan fingerprint density at radius 3 is 2.78 bits per heavy atom. The average Bonchev–Trinajstić information content (AvgIpc) is 2.93. The Morgan fingerprint density at radius 1 is 1.04 bits per heavy atom. The molecule has 0 atom stereocenters. The first-order valence-corrected chi connectivity index (χ1v) is 7.79. The number of para-hydroxylation sites is 1. The number of benzene rings is 2. The van der Waals surface area contributed by atoms with Crippen molar-refractivity contribution in [2.45, 2.75) is 0 Å². The molecule has 0 fully saturated rings. The van der Waals surface area contributed by atoms with Crippen LogP contribution in [-0.2, 0) is 0 Å². The molecule has 0 unspecified atom stereocenters. The minimum Gasteiger partial charge on any atom is -0.492 e. The highest BCUT2D eigenvalue weighted by molar-refractivity contribution is 6.15. The van der Waals surface area contributed by atoms with E-state index in [9.17, 15) is 0 Å². The number of fused-ring (bicyclic) bond motifs is 5. The second-order valence-electron chi connectivity index (χ2n) is 6.05. The van der Waals surface area contributed by atoms with Crippen LogP contribution in [0.4, 0.5) is 0 Å². The van der Waals surface area contributed by atoms with E-state index in [4.69, 9.17) is 4.74 Å². The summed E-state index contributed by atoms with van der Waals surface area (Å²) in [7, 11) is 4.09. The van der Waals surface area contributed by atoms with Crippen LogP contribution in [0.25, 0.3) is 32.7 Å². The van der Waals surface area contributed by atoms with Gasteiger partial charge in [-0.3, -0.25) is 4.98 Å². The van der Waals surface area contributed by atoms with Gasteiger partial charge in [-0.05, 0) is 38.4 Å². The van der Waals surface area contributed by atoms with E-state index in [1.807, 2.05) is 44.6 Å². The molecule has 1 N–H and O–H groups in total. The van der Waals surface area contributed by atoms with Crippen molar-refractivity contribution < 1.29 is 4.74 Å². The van der Waals surface area contributed by atoms with E-state index < -0.39 is 0 Å². The van der Waals surface area contributed by atoms with Crippen LogP contribution in [-0.4, -0.2) is 42.1 Å². The zero-order valence-electron chi connectivity index (χ0n) is 13.3. The van der Waals surface area contributed by atoms with E-state index in [1.165, 1.54) is 0 Å². The Morgan fingerprint density at radius 2 is 1.91 bits per heavy atom. The fraction of sp³-hybridized carbons (Fsp3) is 0.211. The van der Waals surface area contributed by atoms with Crippen molar-refractivity contribution in [1.29, 1.82) is 0 Å². The number of likely N-dealkylation sites (N-methyl/N-ethyl adjacent to an activating group) is 1. The van der Waals surface area contributed by atoms with E-state index in [2.05, 4.69) is 33.1 Å². The molecule has 0 saturated carbocycles. The summed E-state index contributed by atoms with van der Waals surface area (Å²) in [4.78, 5) is 10.2. The van der Waals surface area contributed by atoms with Gasteiger partial charge in [0, 0.05) is 34.4 Å². The molecule has 2 aromatic carbocycles. The van der Waals surface area contributed by atoms with Crippen molar-refractivity contribution in [3.63, 3.8) is 0 Å². The summed E-state index contributed by atoms with van der Waals surface area (Å²) in [6.45, 7) is 1.58. The fourth-order valence-electron chi connectivity index (χ4n) is 2.91. The lowest BCUT2D eigenvalue weighted by molar-refractivity contribution is 0.261. The number of ether oxygens (including phenoxy) is 1. The number of hydrogen-bond acceptors (Lipinski definition) is 3. The number of nitrogens with zero attached hydrogens (tertiary/aromatic N) is 2. The third kappa shape index (κ3) is 2.51. The fourth-order valence-corrected chi connectivity index (χ4v) is 2.91. The Balaban J connectivity index is 1.81. The molecule has 23 heavy (non-hydrogen) atoms. The maximum absolute atomic E-state index is 5.85. The summed E-state index contributed by atoms with van der Waals surface area (Å²) in [6.07, 6.45) is 1.94. The van der Waals surface area contributed by atoms with Crippen molar-refractivity contribution in [2.75, 3.05) is 27.2 Å². The lowest BCUT2D eigenvalue weighted by Crippen LogP contribution is -2.19. The van der Waals surface area contributed by atoms with Gasteiger partial charge in [0.25, 0.3) is 0 Å². The zero-order valence-corrected chi connectivity index (χ0v) is 13.3. The molecule has 0 aliphatic rings. The maximum atomic E-state index is 5.85. The monoisotopic (exact) mass is 305 g/mol. The van der Waals surface area contributed by atoms with Gasteiger partial charge in [-0.15, -0.1) is 0 Å². The summed E-state index contributed by atoms with van der Waals surface area (Å²) in [5.41, 5.74) is 3.25. The summed E-state index contributed by atoms with van der Waals surface area (Å²) in [6, 6.07) is 14.4. The lowest BCUT2D eigenvalue weighted by atomic mass is 10.1. The molecule has 4 heteroatoms. The summed E-state index contributed by atoms with van der Waals surface area (Å²) < 4.78 is 5.85. The SMILES string of the molecule is CN(C)CCOc1ccc2[nH]c3c4ccccc4ncc3c2c1. The largest absolute Gasteiger partial charge is 0.492 e. The average molecular weight is 305 g/mol. The van der Waals surface area contributed by atoms with Crippen molar-refractivity contribution in [1.82, 2.24) is 14.9 Å². The number of aromatic nitrogens is 2. The standard InChI is InChI=1S/C19H19N3O/c1-22(2)9-10-23-13-7-8-18-15(11-13)16-12-20-17-6-4-3-5-14(17)19(16)21-18/h3-8,11-12,21H,9-10H2,1-2H3. The third-order valence-electron chi connectivity index (χ3n) is 4.12. The highest BCUT2D eigenvalue weighted by atomic mass is 16.5. The molecule has 2 aromatic heterocycles. The molecule has 4 nitrogen and oxygen atoms in total. The first-order chi connectivity index (χ1) is 11.2. The zero-order chi connectivity index (χ0) is 15.8. The van der Waals surface area contributed by atoms with Crippen LogP contribution in [0, 0.1) is 0 Å². The van der Waals surface area contributed by atoms with Crippen LogP contribution in [0.1, 0.15) is 0 Å². The van der Waals surface area contributed by atoms with Gasteiger partial charge >= 0.3 is 0 Å². The van der Waals surface area contributed by atoms with Gasteiger partial charge in [0.1, 0.15) is 12.4 Å². The van der Waals surface area contributed by atoms with Crippen LogP contribution in [0.3, 0.4) is 0 Å². The highest BCUT2D eigenvalue weighted by Crippen LogP contribution is 2.31. The molecule has 0 radical (unpaired) electrons. The minimum atomic E-state index is 0.683. The smallest absolute Gasteiger partial charge is 0.120 e.